The highest BCUT2D eigenvalue weighted by Crippen LogP contribution is 2.39. The number of methoxy groups -OCH3 is 2. The summed E-state index contributed by atoms with van der Waals surface area (Å²) in [6, 6.07) is 11.0. The predicted octanol–water partition coefficient (Wildman–Crippen LogP) is 3.79. The summed E-state index contributed by atoms with van der Waals surface area (Å²) in [5.74, 6) is -1.48. The molecule has 4 rings (SSSR count). The third kappa shape index (κ3) is 4.13. The van der Waals surface area contributed by atoms with Crippen LogP contribution < -0.4 is 0 Å². The summed E-state index contributed by atoms with van der Waals surface area (Å²) in [7, 11) is -1.66. The molecule has 0 spiro atoms. The summed E-state index contributed by atoms with van der Waals surface area (Å²) < 4.78 is 39.3. The van der Waals surface area contributed by atoms with Crippen LogP contribution in [0.3, 0.4) is 0 Å². The molecule has 8 nitrogen and oxygen atoms in total. The fraction of sp³-hybridized carbons (Fsp3) is 0.318. The number of carbonyl (C=O) groups is 2. The number of piperidine rings is 1. The summed E-state index contributed by atoms with van der Waals surface area (Å²) >= 11 is 1.48. The molecule has 1 atom stereocenters. The Morgan fingerprint density at radius 1 is 1.03 bits per heavy atom. The number of hydrogen-bond acceptors (Lipinski definition) is 8. The molecule has 1 aromatic heterocycles. The minimum atomic E-state index is -4.04. The highest BCUT2D eigenvalue weighted by Gasteiger charge is 2.37. The van der Waals surface area contributed by atoms with E-state index in [1.807, 2.05) is 24.3 Å². The molecule has 2 heterocycles. The Morgan fingerprint density at radius 2 is 1.69 bits per heavy atom. The number of esters is 2. The second-order valence-corrected chi connectivity index (χ2v) is 10.3. The van der Waals surface area contributed by atoms with Crippen LogP contribution in [-0.4, -0.2) is 50.4 Å². The number of para-hydroxylation sites is 1. The summed E-state index contributed by atoms with van der Waals surface area (Å²) in [6.07, 6.45) is 2.23. The Labute approximate surface area is 189 Å². The SMILES string of the molecule is COC(=O)c1cc(C(=O)OC)cc(S(=O)(=O)N2CCCCC2c2nc3ccccc3s2)c1. The van der Waals surface area contributed by atoms with Crippen LogP contribution in [0.5, 0.6) is 0 Å². The molecule has 32 heavy (non-hydrogen) atoms. The van der Waals surface area contributed by atoms with E-state index in [9.17, 15) is 18.0 Å². The monoisotopic (exact) mass is 474 g/mol. The van der Waals surface area contributed by atoms with Crippen LogP contribution in [0.4, 0.5) is 0 Å². The molecule has 1 unspecified atom stereocenters. The van der Waals surface area contributed by atoms with Gasteiger partial charge in [-0.1, -0.05) is 18.6 Å². The lowest BCUT2D eigenvalue weighted by molar-refractivity contribution is 0.0598. The predicted molar refractivity (Wildman–Crippen MR) is 119 cm³/mol. The Hall–Kier alpha value is -2.82. The van der Waals surface area contributed by atoms with Gasteiger partial charge in [-0.15, -0.1) is 11.3 Å². The maximum absolute atomic E-state index is 13.7. The molecule has 0 bridgehead atoms. The zero-order chi connectivity index (χ0) is 22.9. The molecule has 168 valence electrons. The van der Waals surface area contributed by atoms with E-state index >= 15 is 0 Å². The Kier molecular flexibility index (Phi) is 6.27. The van der Waals surface area contributed by atoms with Crippen LogP contribution in [0.15, 0.2) is 47.4 Å². The molecule has 1 fully saturated rings. The van der Waals surface area contributed by atoms with Gasteiger partial charge < -0.3 is 9.47 Å². The first-order chi connectivity index (χ1) is 15.3. The minimum absolute atomic E-state index is 0.0393. The van der Waals surface area contributed by atoms with Crippen molar-refractivity contribution in [3.63, 3.8) is 0 Å². The standard InChI is InChI=1S/C22H22N2O6S2/c1-29-21(25)14-11-15(22(26)30-2)13-16(12-14)32(27,28)24-10-6-5-8-18(24)20-23-17-7-3-4-9-19(17)31-20/h3-4,7,9,11-13,18H,5-6,8,10H2,1-2H3. The third-order valence-electron chi connectivity index (χ3n) is 5.40. The topological polar surface area (TPSA) is 103 Å². The first kappa shape index (κ1) is 22.4. The van der Waals surface area contributed by atoms with Crippen LogP contribution in [0.25, 0.3) is 10.2 Å². The van der Waals surface area contributed by atoms with Gasteiger partial charge >= 0.3 is 11.9 Å². The zero-order valence-corrected chi connectivity index (χ0v) is 19.2. The second-order valence-electron chi connectivity index (χ2n) is 7.38. The number of fused-ring (bicyclic) bond motifs is 1. The minimum Gasteiger partial charge on any atom is -0.465 e. The molecule has 0 amide bonds. The molecule has 0 saturated carbocycles. The van der Waals surface area contributed by atoms with Crippen molar-refractivity contribution in [3.05, 3.63) is 58.6 Å². The third-order valence-corrected chi connectivity index (χ3v) is 8.43. The summed E-state index contributed by atoms with van der Waals surface area (Å²) in [4.78, 5) is 28.8. The largest absolute Gasteiger partial charge is 0.465 e. The van der Waals surface area contributed by atoms with Crippen molar-refractivity contribution < 1.29 is 27.5 Å². The molecule has 10 heteroatoms. The van der Waals surface area contributed by atoms with Crippen LogP contribution >= 0.6 is 11.3 Å². The maximum Gasteiger partial charge on any atom is 0.337 e. The fourth-order valence-corrected chi connectivity index (χ4v) is 6.74. The number of thiazole rings is 1. The molecule has 1 aliphatic rings. The van der Waals surface area contributed by atoms with E-state index < -0.39 is 28.0 Å². The maximum atomic E-state index is 13.7. The molecule has 2 aromatic carbocycles. The van der Waals surface area contributed by atoms with Gasteiger partial charge in [0.25, 0.3) is 0 Å². The van der Waals surface area contributed by atoms with Gasteiger partial charge in [0.05, 0.1) is 46.5 Å². The Balaban J connectivity index is 1.79. The quantitative estimate of drug-likeness (QED) is 0.518. The summed E-state index contributed by atoms with van der Waals surface area (Å²) in [6.45, 7) is 0.318. The number of nitrogens with zero attached hydrogens (tertiary/aromatic N) is 2. The fourth-order valence-electron chi connectivity index (χ4n) is 3.83. The molecule has 1 aliphatic heterocycles. The number of ether oxygens (including phenoxy) is 2. The van der Waals surface area contributed by atoms with Gasteiger partial charge in [0.15, 0.2) is 0 Å². The first-order valence-corrected chi connectivity index (χ1v) is 12.3. The van der Waals surface area contributed by atoms with Gasteiger partial charge in [-0.05, 0) is 43.2 Å². The van der Waals surface area contributed by atoms with E-state index in [0.29, 0.717) is 19.4 Å². The van der Waals surface area contributed by atoms with E-state index in [2.05, 4.69) is 4.98 Å². The summed E-state index contributed by atoms with van der Waals surface area (Å²) in [5, 5.41) is 0.729. The van der Waals surface area contributed by atoms with E-state index in [0.717, 1.165) is 21.6 Å². The van der Waals surface area contributed by atoms with E-state index in [1.54, 1.807) is 0 Å². The van der Waals surface area contributed by atoms with Gasteiger partial charge in [0.1, 0.15) is 5.01 Å². The molecule has 1 saturated heterocycles. The number of benzene rings is 2. The van der Waals surface area contributed by atoms with E-state index in [1.165, 1.54) is 48.1 Å². The van der Waals surface area contributed by atoms with Crippen molar-refractivity contribution in [1.29, 1.82) is 0 Å². The van der Waals surface area contributed by atoms with Crippen molar-refractivity contribution >= 4 is 43.5 Å². The van der Waals surface area contributed by atoms with Gasteiger partial charge in [-0.25, -0.2) is 23.0 Å². The number of rotatable bonds is 5. The Morgan fingerprint density at radius 3 is 2.31 bits per heavy atom. The highest BCUT2D eigenvalue weighted by molar-refractivity contribution is 7.89. The van der Waals surface area contributed by atoms with Crippen molar-refractivity contribution in [2.24, 2.45) is 0 Å². The first-order valence-electron chi connectivity index (χ1n) is 10.0. The van der Waals surface area contributed by atoms with Crippen LogP contribution in [0.2, 0.25) is 0 Å². The number of hydrogen-bond donors (Lipinski definition) is 0. The van der Waals surface area contributed by atoms with Crippen LogP contribution in [0, 0.1) is 0 Å². The number of carbonyl (C=O) groups excluding carboxylic acids is 2. The lowest BCUT2D eigenvalue weighted by Crippen LogP contribution is -2.38. The van der Waals surface area contributed by atoms with E-state index in [-0.39, 0.29) is 16.0 Å². The van der Waals surface area contributed by atoms with Gasteiger partial charge in [0, 0.05) is 6.54 Å². The second kappa shape index (κ2) is 8.97. The molecular weight excluding hydrogens is 452 g/mol. The summed E-state index contributed by atoms with van der Waals surface area (Å²) in [5.41, 5.74) is 0.751. The molecule has 0 aliphatic carbocycles. The normalized spacial score (nSPS) is 17.2. The van der Waals surface area contributed by atoms with Gasteiger partial charge in [-0.3, -0.25) is 0 Å². The van der Waals surface area contributed by atoms with Gasteiger partial charge in [0.2, 0.25) is 10.0 Å². The zero-order valence-electron chi connectivity index (χ0n) is 17.6. The number of sulfonamides is 1. The van der Waals surface area contributed by atoms with Crippen molar-refractivity contribution in [2.45, 2.75) is 30.2 Å². The molecule has 0 radical (unpaired) electrons. The van der Waals surface area contributed by atoms with Crippen LogP contribution in [0.1, 0.15) is 51.0 Å². The molecule has 3 aromatic rings. The van der Waals surface area contributed by atoms with Crippen molar-refractivity contribution in [2.75, 3.05) is 20.8 Å². The van der Waals surface area contributed by atoms with Crippen molar-refractivity contribution in [1.82, 2.24) is 9.29 Å². The lowest BCUT2D eigenvalue weighted by Gasteiger charge is -2.33. The van der Waals surface area contributed by atoms with Crippen LogP contribution in [-0.2, 0) is 19.5 Å². The molecule has 0 N–H and O–H groups in total. The smallest absolute Gasteiger partial charge is 0.337 e. The highest BCUT2D eigenvalue weighted by atomic mass is 32.2. The van der Waals surface area contributed by atoms with Gasteiger partial charge in [-0.2, -0.15) is 4.31 Å². The lowest BCUT2D eigenvalue weighted by atomic mass is 10.1. The molecular formula is C22H22N2O6S2. The average molecular weight is 475 g/mol. The Bertz CT molecular complexity index is 1220. The van der Waals surface area contributed by atoms with E-state index in [4.69, 9.17) is 9.47 Å². The van der Waals surface area contributed by atoms with Crippen molar-refractivity contribution in [3.8, 4) is 0 Å². The average Bonchev–Trinajstić information content (AvgIpc) is 3.27. The number of aromatic nitrogens is 1.